The van der Waals surface area contributed by atoms with Gasteiger partial charge in [0.25, 0.3) is 0 Å². The molecule has 1 aromatic rings. The number of nitrogens with one attached hydrogen (secondary N) is 2. The Morgan fingerprint density at radius 2 is 1.74 bits per heavy atom. The van der Waals surface area contributed by atoms with Crippen LogP contribution in [-0.4, -0.2) is 22.9 Å². The molecule has 0 aliphatic heterocycles. The Labute approximate surface area is 134 Å². The smallest absolute Gasteiger partial charge is 0.307 e. The van der Waals surface area contributed by atoms with Crippen molar-refractivity contribution in [2.45, 2.75) is 26.7 Å². The molecule has 0 fully saturated rings. The maximum Gasteiger partial charge on any atom is 0.307 e. The number of anilines is 2. The molecular weight excluding hydrogens is 296 g/mol. The lowest BCUT2D eigenvalue weighted by atomic mass is 9.82. The highest BCUT2D eigenvalue weighted by molar-refractivity contribution is 5.97. The molecule has 1 aromatic carbocycles. The third-order valence-corrected chi connectivity index (χ3v) is 3.90. The largest absolute Gasteiger partial charge is 0.481 e. The van der Waals surface area contributed by atoms with Crippen LogP contribution in [-0.2, 0) is 14.4 Å². The normalized spacial score (nSPS) is 19.9. The molecule has 23 heavy (non-hydrogen) atoms. The van der Waals surface area contributed by atoms with Crippen molar-refractivity contribution in [1.82, 2.24) is 0 Å². The van der Waals surface area contributed by atoms with E-state index in [1.54, 1.807) is 24.3 Å². The van der Waals surface area contributed by atoms with E-state index < -0.39 is 17.8 Å². The molecule has 0 radical (unpaired) electrons. The van der Waals surface area contributed by atoms with Crippen molar-refractivity contribution in [3.05, 3.63) is 35.9 Å². The van der Waals surface area contributed by atoms with Crippen LogP contribution in [0.15, 0.2) is 30.4 Å². The van der Waals surface area contributed by atoms with Crippen molar-refractivity contribution < 1.29 is 19.5 Å². The zero-order valence-electron chi connectivity index (χ0n) is 13.1. The standard InChI is InChI=1S/C17H20N2O4/c1-10-7-8-12(9-15(10)18-11(2)20)19-16(21)13-5-3-4-6-14(13)17(22)23/h3-4,7-9,13-14H,5-6H2,1-2H3,(H,18,20)(H,19,21)(H,22,23)/t13-,14-/m1/s1. The molecule has 1 aliphatic rings. The van der Waals surface area contributed by atoms with Crippen LogP contribution in [0.4, 0.5) is 11.4 Å². The van der Waals surface area contributed by atoms with Gasteiger partial charge < -0.3 is 15.7 Å². The first-order valence-corrected chi connectivity index (χ1v) is 7.45. The number of hydrogen-bond acceptors (Lipinski definition) is 3. The number of carboxylic acid groups (broad SMARTS) is 1. The van der Waals surface area contributed by atoms with Crippen LogP contribution in [0.5, 0.6) is 0 Å². The monoisotopic (exact) mass is 316 g/mol. The Kier molecular flexibility index (Phi) is 5.16. The summed E-state index contributed by atoms with van der Waals surface area (Å²) in [5.41, 5.74) is 2.03. The minimum atomic E-state index is -0.961. The summed E-state index contributed by atoms with van der Waals surface area (Å²) in [6.45, 7) is 3.26. The van der Waals surface area contributed by atoms with E-state index in [4.69, 9.17) is 0 Å². The van der Waals surface area contributed by atoms with Gasteiger partial charge in [0.1, 0.15) is 0 Å². The molecule has 0 heterocycles. The Hall–Kier alpha value is -2.63. The van der Waals surface area contributed by atoms with Gasteiger partial charge in [-0.15, -0.1) is 0 Å². The van der Waals surface area contributed by atoms with Crippen molar-refractivity contribution in [1.29, 1.82) is 0 Å². The lowest BCUT2D eigenvalue weighted by Crippen LogP contribution is -2.34. The molecule has 0 saturated heterocycles. The number of carbonyl (C=O) groups excluding carboxylic acids is 2. The molecule has 2 rings (SSSR count). The van der Waals surface area contributed by atoms with Crippen LogP contribution < -0.4 is 10.6 Å². The highest BCUT2D eigenvalue weighted by Crippen LogP contribution is 2.28. The second-order valence-electron chi connectivity index (χ2n) is 5.69. The first-order chi connectivity index (χ1) is 10.9. The summed E-state index contributed by atoms with van der Waals surface area (Å²) in [7, 11) is 0. The number of hydrogen-bond donors (Lipinski definition) is 3. The Bertz CT molecular complexity index is 667. The third kappa shape index (κ3) is 4.18. The van der Waals surface area contributed by atoms with E-state index in [1.807, 2.05) is 13.0 Å². The van der Waals surface area contributed by atoms with Crippen LogP contribution in [0.1, 0.15) is 25.3 Å². The lowest BCUT2D eigenvalue weighted by molar-refractivity contribution is -0.146. The number of aliphatic carboxylic acids is 1. The van der Waals surface area contributed by atoms with Gasteiger partial charge >= 0.3 is 5.97 Å². The summed E-state index contributed by atoms with van der Waals surface area (Å²) in [6.07, 6.45) is 4.40. The Morgan fingerprint density at radius 3 is 2.35 bits per heavy atom. The highest BCUT2D eigenvalue weighted by Gasteiger charge is 2.33. The van der Waals surface area contributed by atoms with E-state index in [1.165, 1.54) is 6.92 Å². The van der Waals surface area contributed by atoms with E-state index in [9.17, 15) is 19.5 Å². The van der Waals surface area contributed by atoms with Crippen molar-refractivity contribution in [2.75, 3.05) is 10.6 Å². The summed E-state index contributed by atoms with van der Waals surface area (Å²) < 4.78 is 0. The van der Waals surface area contributed by atoms with Gasteiger partial charge in [0.2, 0.25) is 11.8 Å². The molecular formula is C17H20N2O4. The van der Waals surface area contributed by atoms with Crippen LogP contribution in [0, 0.1) is 18.8 Å². The molecule has 0 spiro atoms. The second-order valence-corrected chi connectivity index (χ2v) is 5.69. The lowest BCUT2D eigenvalue weighted by Gasteiger charge is -2.24. The maximum atomic E-state index is 12.4. The number of aryl methyl sites for hydroxylation is 1. The number of allylic oxidation sites excluding steroid dienone is 2. The molecule has 6 heteroatoms. The number of benzene rings is 1. The second kappa shape index (κ2) is 7.09. The van der Waals surface area contributed by atoms with E-state index in [2.05, 4.69) is 10.6 Å². The molecule has 6 nitrogen and oxygen atoms in total. The van der Waals surface area contributed by atoms with Crippen LogP contribution in [0.3, 0.4) is 0 Å². The minimum Gasteiger partial charge on any atom is -0.481 e. The summed E-state index contributed by atoms with van der Waals surface area (Å²) >= 11 is 0. The fraction of sp³-hybridized carbons (Fsp3) is 0.353. The molecule has 0 aromatic heterocycles. The minimum absolute atomic E-state index is 0.195. The molecule has 3 N–H and O–H groups in total. The number of rotatable bonds is 4. The topological polar surface area (TPSA) is 95.5 Å². The van der Waals surface area contributed by atoms with Crippen molar-refractivity contribution in [2.24, 2.45) is 11.8 Å². The molecule has 2 atom stereocenters. The SMILES string of the molecule is CC(=O)Nc1cc(NC(=O)[C@@H]2CC=CC[C@H]2C(=O)O)ccc1C. The molecule has 0 saturated carbocycles. The molecule has 122 valence electrons. The maximum absolute atomic E-state index is 12.4. The van der Waals surface area contributed by atoms with E-state index in [0.717, 1.165) is 5.56 Å². The summed E-state index contributed by atoms with van der Waals surface area (Å²) in [5.74, 6) is -2.78. The average molecular weight is 316 g/mol. The molecule has 0 unspecified atom stereocenters. The Balaban J connectivity index is 2.15. The van der Waals surface area contributed by atoms with Crippen LogP contribution in [0.2, 0.25) is 0 Å². The zero-order valence-corrected chi connectivity index (χ0v) is 13.1. The highest BCUT2D eigenvalue weighted by atomic mass is 16.4. The first-order valence-electron chi connectivity index (χ1n) is 7.45. The van der Waals surface area contributed by atoms with Crippen molar-refractivity contribution in [3.8, 4) is 0 Å². The number of amides is 2. The van der Waals surface area contributed by atoms with Crippen molar-refractivity contribution in [3.63, 3.8) is 0 Å². The van der Waals surface area contributed by atoms with Gasteiger partial charge in [-0.3, -0.25) is 14.4 Å². The van der Waals surface area contributed by atoms with E-state index >= 15 is 0 Å². The number of carboxylic acids is 1. The zero-order chi connectivity index (χ0) is 17.0. The van der Waals surface area contributed by atoms with Crippen LogP contribution >= 0.6 is 0 Å². The Morgan fingerprint density at radius 1 is 1.09 bits per heavy atom. The fourth-order valence-corrected chi connectivity index (χ4v) is 2.64. The summed E-state index contributed by atoms with van der Waals surface area (Å²) in [6, 6.07) is 5.19. The van der Waals surface area contributed by atoms with Gasteiger partial charge in [0.15, 0.2) is 0 Å². The summed E-state index contributed by atoms with van der Waals surface area (Å²) in [4.78, 5) is 34.9. The molecule has 1 aliphatic carbocycles. The van der Waals surface area contributed by atoms with E-state index in [-0.39, 0.29) is 11.8 Å². The van der Waals surface area contributed by atoms with Gasteiger partial charge in [-0.25, -0.2) is 0 Å². The molecule has 2 amide bonds. The predicted octanol–water partition coefficient (Wildman–Crippen LogP) is 2.56. The van der Waals surface area contributed by atoms with Gasteiger partial charge in [-0.1, -0.05) is 18.2 Å². The predicted molar refractivity (Wildman–Crippen MR) is 87.1 cm³/mol. The first kappa shape index (κ1) is 16.7. The number of carbonyl (C=O) groups is 3. The van der Waals surface area contributed by atoms with Crippen LogP contribution in [0.25, 0.3) is 0 Å². The fourth-order valence-electron chi connectivity index (χ4n) is 2.64. The van der Waals surface area contributed by atoms with Gasteiger partial charge in [0, 0.05) is 18.3 Å². The van der Waals surface area contributed by atoms with Gasteiger partial charge in [0.05, 0.1) is 11.8 Å². The molecule has 0 bridgehead atoms. The van der Waals surface area contributed by atoms with E-state index in [0.29, 0.717) is 24.2 Å². The average Bonchev–Trinajstić information content (AvgIpc) is 2.50. The van der Waals surface area contributed by atoms with Crippen molar-refractivity contribution >= 4 is 29.2 Å². The van der Waals surface area contributed by atoms with Gasteiger partial charge in [-0.05, 0) is 37.5 Å². The van der Waals surface area contributed by atoms with Gasteiger partial charge in [-0.2, -0.15) is 0 Å². The summed E-state index contributed by atoms with van der Waals surface area (Å²) in [5, 5.41) is 14.7. The quantitative estimate of drug-likeness (QED) is 0.744. The third-order valence-electron chi connectivity index (χ3n) is 3.90.